The van der Waals surface area contributed by atoms with Gasteiger partial charge in [-0.3, -0.25) is 0 Å². The van der Waals surface area contributed by atoms with Crippen molar-refractivity contribution in [2.45, 2.75) is 31.6 Å². The van der Waals surface area contributed by atoms with Crippen molar-refractivity contribution in [3.8, 4) is 11.5 Å². The second-order valence-electron chi connectivity index (χ2n) is 4.99. The van der Waals surface area contributed by atoms with E-state index in [2.05, 4.69) is 26.2 Å². The van der Waals surface area contributed by atoms with Crippen molar-refractivity contribution < 1.29 is 17.6 Å². The Morgan fingerprint density at radius 1 is 1.33 bits per heavy atom. The van der Waals surface area contributed by atoms with Crippen LogP contribution in [-0.2, 0) is 12.7 Å². The van der Waals surface area contributed by atoms with Crippen LogP contribution in [0.3, 0.4) is 0 Å². The van der Waals surface area contributed by atoms with Crippen molar-refractivity contribution in [3.63, 3.8) is 0 Å². The second-order valence-corrected chi connectivity index (χ2v) is 5.85. The molecule has 1 aromatic heterocycles. The molecular weight excluding hydrogens is 349 g/mol. The Hall–Kier alpha value is -1.34. The molecule has 0 unspecified atom stereocenters. The smallest absolute Gasteiger partial charge is 0.417 e. The maximum absolute atomic E-state index is 12.9. The minimum atomic E-state index is -4.42. The monoisotopic (exact) mass is 360 g/mol. The molecule has 0 bridgehead atoms. The highest BCUT2D eigenvalue weighted by Crippen LogP contribution is 2.37. The predicted molar refractivity (Wildman–Crippen MR) is 74.5 cm³/mol. The minimum Gasteiger partial charge on any atom is -0.444 e. The summed E-state index contributed by atoms with van der Waals surface area (Å²) in [4.78, 5) is 4.22. The number of benzene rings is 1. The lowest BCUT2D eigenvalue weighted by molar-refractivity contribution is -0.138. The summed E-state index contributed by atoms with van der Waals surface area (Å²) in [7, 11) is 0. The number of halogens is 4. The summed E-state index contributed by atoms with van der Waals surface area (Å²) in [6, 6.07) is 4.47. The molecule has 0 amide bonds. The third-order valence-corrected chi connectivity index (χ3v) is 3.91. The topological polar surface area (TPSA) is 38.1 Å². The minimum absolute atomic E-state index is 0.000861. The Balaban J connectivity index is 1.82. The quantitative estimate of drug-likeness (QED) is 0.879. The fourth-order valence-electron chi connectivity index (χ4n) is 1.93. The van der Waals surface area contributed by atoms with E-state index < -0.39 is 11.7 Å². The van der Waals surface area contributed by atoms with Crippen LogP contribution in [0.15, 0.2) is 33.4 Å². The van der Waals surface area contributed by atoms with Gasteiger partial charge in [0.2, 0.25) is 5.89 Å². The average Bonchev–Trinajstić information content (AvgIpc) is 3.13. The van der Waals surface area contributed by atoms with Gasteiger partial charge in [-0.2, -0.15) is 13.2 Å². The van der Waals surface area contributed by atoms with Crippen LogP contribution in [0.4, 0.5) is 13.2 Å². The molecule has 7 heteroatoms. The molecule has 1 saturated carbocycles. The van der Waals surface area contributed by atoms with Crippen LogP contribution < -0.4 is 5.32 Å². The highest BCUT2D eigenvalue weighted by molar-refractivity contribution is 9.10. The summed E-state index contributed by atoms with van der Waals surface area (Å²) >= 11 is 2.91. The largest absolute Gasteiger partial charge is 0.444 e. The van der Waals surface area contributed by atoms with Crippen LogP contribution in [0.1, 0.15) is 24.1 Å². The first-order chi connectivity index (χ1) is 9.93. The van der Waals surface area contributed by atoms with Crippen LogP contribution in [0.2, 0.25) is 0 Å². The molecule has 0 atom stereocenters. The van der Waals surface area contributed by atoms with Gasteiger partial charge in [0.25, 0.3) is 0 Å². The van der Waals surface area contributed by atoms with E-state index in [1.807, 2.05) is 0 Å². The van der Waals surface area contributed by atoms with Crippen LogP contribution in [0, 0.1) is 0 Å². The molecule has 112 valence electrons. The van der Waals surface area contributed by atoms with E-state index in [-0.39, 0.29) is 10.4 Å². The van der Waals surface area contributed by atoms with E-state index in [4.69, 9.17) is 4.42 Å². The summed E-state index contributed by atoms with van der Waals surface area (Å²) in [5, 5.41) is 3.27. The van der Waals surface area contributed by atoms with Gasteiger partial charge in [-0.15, -0.1) is 0 Å². The number of nitrogens with zero attached hydrogens (tertiary/aromatic N) is 1. The van der Waals surface area contributed by atoms with Gasteiger partial charge in [0, 0.05) is 22.6 Å². The highest BCUT2D eigenvalue weighted by atomic mass is 79.9. The molecule has 1 aromatic carbocycles. The predicted octanol–water partition coefficient (Wildman–Crippen LogP) is 4.37. The molecule has 3 rings (SSSR count). The molecule has 0 saturated heterocycles. The number of oxazole rings is 1. The normalized spacial score (nSPS) is 15.4. The summed E-state index contributed by atoms with van der Waals surface area (Å²) in [6.45, 7) is 0.566. The SMILES string of the molecule is FC(F)(F)c1cc(-c2nc(CNC3CC3)co2)ccc1Br. The molecule has 1 heterocycles. The summed E-state index contributed by atoms with van der Waals surface area (Å²) in [5.41, 5.74) is 0.257. The average molecular weight is 361 g/mol. The van der Waals surface area contributed by atoms with Gasteiger partial charge in [-0.1, -0.05) is 15.9 Å². The van der Waals surface area contributed by atoms with Gasteiger partial charge in [0.15, 0.2) is 0 Å². The zero-order valence-electron chi connectivity index (χ0n) is 10.9. The Bertz CT molecular complexity index is 650. The molecule has 1 N–H and O–H groups in total. The van der Waals surface area contributed by atoms with Crippen LogP contribution >= 0.6 is 15.9 Å². The molecule has 0 aliphatic heterocycles. The number of alkyl halides is 3. The van der Waals surface area contributed by atoms with E-state index in [0.29, 0.717) is 23.8 Å². The fraction of sp³-hybridized carbons (Fsp3) is 0.357. The number of nitrogens with one attached hydrogen (secondary N) is 1. The molecule has 0 spiro atoms. The van der Waals surface area contributed by atoms with Gasteiger partial charge in [0.05, 0.1) is 11.3 Å². The lowest BCUT2D eigenvalue weighted by atomic mass is 10.1. The number of hydrogen-bond acceptors (Lipinski definition) is 3. The lowest BCUT2D eigenvalue weighted by Gasteiger charge is -2.09. The molecule has 1 aliphatic rings. The number of hydrogen-bond donors (Lipinski definition) is 1. The first-order valence-corrected chi connectivity index (χ1v) is 7.27. The van der Waals surface area contributed by atoms with Crippen LogP contribution in [0.25, 0.3) is 11.5 Å². The van der Waals surface area contributed by atoms with Gasteiger partial charge in [-0.25, -0.2) is 4.98 Å². The molecule has 21 heavy (non-hydrogen) atoms. The van der Waals surface area contributed by atoms with E-state index >= 15 is 0 Å². The molecule has 1 aliphatic carbocycles. The second kappa shape index (κ2) is 5.46. The maximum atomic E-state index is 12.9. The highest BCUT2D eigenvalue weighted by Gasteiger charge is 2.33. The van der Waals surface area contributed by atoms with E-state index in [9.17, 15) is 13.2 Å². The maximum Gasteiger partial charge on any atom is 0.417 e. The Kier molecular flexibility index (Phi) is 3.79. The van der Waals surface area contributed by atoms with Crippen LogP contribution in [0.5, 0.6) is 0 Å². The molecular formula is C14H12BrF3N2O. The number of rotatable bonds is 4. The molecule has 0 radical (unpaired) electrons. The van der Waals surface area contributed by atoms with Gasteiger partial charge < -0.3 is 9.73 Å². The van der Waals surface area contributed by atoms with E-state index in [1.54, 1.807) is 6.07 Å². The summed E-state index contributed by atoms with van der Waals surface area (Å²) in [5.74, 6) is 0.195. The molecule has 3 nitrogen and oxygen atoms in total. The van der Waals surface area contributed by atoms with Gasteiger partial charge in [0.1, 0.15) is 6.26 Å². The van der Waals surface area contributed by atoms with Crippen molar-refractivity contribution in [3.05, 3.63) is 40.2 Å². The third-order valence-electron chi connectivity index (χ3n) is 3.22. The van der Waals surface area contributed by atoms with Gasteiger partial charge >= 0.3 is 6.18 Å². The van der Waals surface area contributed by atoms with Crippen molar-refractivity contribution >= 4 is 15.9 Å². The zero-order chi connectivity index (χ0) is 15.0. The van der Waals surface area contributed by atoms with Crippen molar-refractivity contribution in [2.24, 2.45) is 0 Å². The standard InChI is InChI=1S/C14H12BrF3N2O/c15-12-4-1-8(5-11(12)14(16,17)18)13-20-10(7-21-13)6-19-9-2-3-9/h1,4-5,7,9,19H,2-3,6H2. The van der Waals surface area contributed by atoms with E-state index in [1.165, 1.54) is 12.3 Å². The summed E-state index contributed by atoms with van der Waals surface area (Å²) < 4.78 is 43.9. The Morgan fingerprint density at radius 3 is 2.76 bits per heavy atom. The van der Waals surface area contributed by atoms with Crippen molar-refractivity contribution in [1.29, 1.82) is 0 Å². The zero-order valence-corrected chi connectivity index (χ0v) is 12.5. The summed E-state index contributed by atoms with van der Waals surface area (Å²) in [6.07, 6.45) is -0.628. The van der Waals surface area contributed by atoms with E-state index in [0.717, 1.165) is 18.9 Å². The van der Waals surface area contributed by atoms with Crippen molar-refractivity contribution in [2.75, 3.05) is 0 Å². The van der Waals surface area contributed by atoms with Crippen LogP contribution in [-0.4, -0.2) is 11.0 Å². The van der Waals surface area contributed by atoms with Crippen molar-refractivity contribution in [1.82, 2.24) is 10.3 Å². The Labute approximate surface area is 127 Å². The third kappa shape index (κ3) is 3.47. The first-order valence-electron chi connectivity index (χ1n) is 6.48. The molecule has 1 fully saturated rings. The van der Waals surface area contributed by atoms with Gasteiger partial charge in [-0.05, 0) is 31.0 Å². The Morgan fingerprint density at radius 2 is 2.10 bits per heavy atom. The molecule has 2 aromatic rings. The first kappa shape index (κ1) is 14.6. The lowest BCUT2D eigenvalue weighted by Crippen LogP contribution is -2.15. The number of aromatic nitrogens is 1. The fourth-order valence-corrected chi connectivity index (χ4v) is 2.40.